The molecule has 0 radical (unpaired) electrons. The van der Waals surface area contributed by atoms with Gasteiger partial charge < -0.3 is 10.1 Å². The van der Waals surface area contributed by atoms with Gasteiger partial charge in [-0.1, -0.05) is 42.5 Å². The van der Waals surface area contributed by atoms with Crippen molar-refractivity contribution in [2.75, 3.05) is 11.9 Å². The Labute approximate surface area is 134 Å². The quantitative estimate of drug-likeness (QED) is 0.504. The van der Waals surface area contributed by atoms with E-state index in [0.717, 1.165) is 5.56 Å². The number of rotatable bonds is 5. The van der Waals surface area contributed by atoms with Crippen LogP contribution < -0.4 is 15.5 Å². The SMILES string of the molecule is CCOc1ccccc1NC(=O)C(=O)N/N=C\c1ccccc1. The highest BCUT2D eigenvalue weighted by molar-refractivity contribution is 6.39. The Morgan fingerprint density at radius 2 is 1.74 bits per heavy atom. The Kier molecular flexibility index (Phi) is 5.88. The first-order valence-electron chi connectivity index (χ1n) is 7.12. The molecule has 23 heavy (non-hydrogen) atoms. The lowest BCUT2D eigenvalue weighted by atomic mass is 10.2. The topological polar surface area (TPSA) is 79.8 Å². The van der Waals surface area contributed by atoms with Gasteiger partial charge in [-0.05, 0) is 24.6 Å². The van der Waals surface area contributed by atoms with E-state index in [1.807, 2.05) is 37.3 Å². The van der Waals surface area contributed by atoms with Crippen LogP contribution in [0.5, 0.6) is 5.75 Å². The molecule has 118 valence electrons. The van der Waals surface area contributed by atoms with Gasteiger partial charge in [-0.2, -0.15) is 5.10 Å². The van der Waals surface area contributed by atoms with E-state index >= 15 is 0 Å². The highest BCUT2D eigenvalue weighted by atomic mass is 16.5. The molecule has 0 saturated carbocycles. The Hall–Kier alpha value is -3.15. The lowest BCUT2D eigenvalue weighted by Gasteiger charge is -2.10. The maximum Gasteiger partial charge on any atom is 0.329 e. The fraction of sp³-hybridized carbons (Fsp3) is 0.118. The number of carbonyl (C=O) groups is 2. The van der Waals surface area contributed by atoms with Crippen molar-refractivity contribution in [1.82, 2.24) is 5.43 Å². The molecule has 0 spiro atoms. The Morgan fingerprint density at radius 3 is 2.48 bits per heavy atom. The van der Waals surface area contributed by atoms with Crippen LogP contribution in [0.2, 0.25) is 0 Å². The number of nitrogens with one attached hydrogen (secondary N) is 2. The minimum atomic E-state index is -0.858. The fourth-order valence-electron chi connectivity index (χ4n) is 1.79. The summed E-state index contributed by atoms with van der Waals surface area (Å²) in [5.74, 6) is -1.17. The summed E-state index contributed by atoms with van der Waals surface area (Å²) in [5.41, 5.74) is 3.43. The molecule has 0 unspecified atom stereocenters. The largest absolute Gasteiger partial charge is 0.492 e. The number of hydrogen-bond acceptors (Lipinski definition) is 4. The predicted molar refractivity (Wildman–Crippen MR) is 88.4 cm³/mol. The molecule has 0 saturated heterocycles. The molecule has 0 fully saturated rings. The van der Waals surface area contributed by atoms with Crippen LogP contribution in [0, 0.1) is 0 Å². The van der Waals surface area contributed by atoms with Crippen LogP contribution in [0.4, 0.5) is 5.69 Å². The summed E-state index contributed by atoms with van der Waals surface area (Å²) in [5, 5.41) is 6.24. The van der Waals surface area contributed by atoms with Crippen molar-refractivity contribution in [3.8, 4) is 5.75 Å². The Morgan fingerprint density at radius 1 is 1.04 bits per heavy atom. The second-order valence-electron chi connectivity index (χ2n) is 4.49. The predicted octanol–water partition coefficient (Wildman–Crippen LogP) is 2.17. The van der Waals surface area contributed by atoms with E-state index in [-0.39, 0.29) is 0 Å². The van der Waals surface area contributed by atoms with Crippen molar-refractivity contribution in [1.29, 1.82) is 0 Å². The molecule has 6 heteroatoms. The number of hydrazone groups is 1. The van der Waals surface area contributed by atoms with Gasteiger partial charge in [0.2, 0.25) is 0 Å². The molecule has 0 heterocycles. The molecular formula is C17H17N3O3. The first kappa shape index (κ1) is 16.2. The van der Waals surface area contributed by atoms with E-state index in [4.69, 9.17) is 4.74 Å². The minimum Gasteiger partial charge on any atom is -0.492 e. The average Bonchev–Trinajstić information content (AvgIpc) is 2.57. The molecule has 0 bridgehead atoms. The number of ether oxygens (including phenoxy) is 1. The van der Waals surface area contributed by atoms with Gasteiger partial charge in [0, 0.05) is 0 Å². The first-order valence-corrected chi connectivity index (χ1v) is 7.12. The van der Waals surface area contributed by atoms with Gasteiger partial charge in [-0.15, -0.1) is 0 Å². The van der Waals surface area contributed by atoms with Crippen LogP contribution in [0.25, 0.3) is 0 Å². The summed E-state index contributed by atoms with van der Waals surface area (Å²) in [4.78, 5) is 23.6. The van der Waals surface area contributed by atoms with E-state index < -0.39 is 11.8 Å². The fourth-order valence-corrected chi connectivity index (χ4v) is 1.79. The lowest BCUT2D eigenvalue weighted by molar-refractivity contribution is -0.136. The number of benzene rings is 2. The summed E-state index contributed by atoms with van der Waals surface area (Å²) in [6.45, 7) is 2.30. The van der Waals surface area contributed by atoms with Gasteiger partial charge in [-0.25, -0.2) is 5.43 Å². The molecule has 2 aromatic rings. The number of amides is 2. The second-order valence-corrected chi connectivity index (χ2v) is 4.49. The van der Waals surface area contributed by atoms with Crippen molar-refractivity contribution < 1.29 is 14.3 Å². The van der Waals surface area contributed by atoms with Crippen molar-refractivity contribution in [2.45, 2.75) is 6.92 Å². The van der Waals surface area contributed by atoms with Crippen molar-refractivity contribution in [3.63, 3.8) is 0 Å². The monoisotopic (exact) mass is 311 g/mol. The first-order chi connectivity index (χ1) is 11.2. The molecule has 0 atom stereocenters. The zero-order chi connectivity index (χ0) is 16.5. The average molecular weight is 311 g/mol. The highest BCUT2D eigenvalue weighted by Crippen LogP contribution is 2.23. The van der Waals surface area contributed by atoms with Crippen molar-refractivity contribution >= 4 is 23.7 Å². The lowest BCUT2D eigenvalue weighted by Crippen LogP contribution is -2.32. The second kappa shape index (κ2) is 8.33. The molecular weight excluding hydrogens is 294 g/mol. The van der Waals surface area contributed by atoms with E-state index in [9.17, 15) is 9.59 Å². The number of para-hydroxylation sites is 2. The molecule has 6 nitrogen and oxygen atoms in total. The molecule has 2 aromatic carbocycles. The molecule has 2 N–H and O–H groups in total. The third-order valence-electron chi connectivity index (χ3n) is 2.82. The zero-order valence-electron chi connectivity index (χ0n) is 12.7. The number of nitrogens with zero attached hydrogens (tertiary/aromatic N) is 1. The maximum atomic E-state index is 11.9. The summed E-state index contributed by atoms with van der Waals surface area (Å²) in [6.07, 6.45) is 1.46. The van der Waals surface area contributed by atoms with Crippen molar-refractivity contribution in [3.05, 3.63) is 60.2 Å². The molecule has 0 aromatic heterocycles. The Bertz CT molecular complexity index is 699. The third-order valence-corrected chi connectivity index (χ3v) is 2.82. The summed E-state index contributed by atoms with van der Waals surface area (Å²) in [7, 11) is 0. The zero-order valence-corrected chi connectivity index (χ0v) is 12.7. The number of anilines is 1. The van der Waals surface area contributed by atoms with Gasteiger partial charge >= 0.3 is 11.8 Å². The molecule has 0 aliphatic heterocycles. The van der Waals surface area contributed by atoms with Crippen LogP contribution in [0.1, 0.15) is 12.5 Å². The third kappa shape index (κ3) is 4.96. The van der Waals surface area contributed by atoms with Crippen molar-refractivity contribution in [2.24, 2.45) is 5.10 Å². The van der Waals surface area contributed by atoms with E-state index in [0.29, 0.717) is 18.0 Å². The molecule has 2 rings (SSSR count). The van der Waals surface area contributed by atoms with Gasteiger partial charge in [0.1, 0.15) is 5.75 Å². The van der Waals surface area contributed by atoms with E-state index in [2.05, 4.69) is 15.8 Å². The van der Waals surface area contributed by atoms with Crippen LogP contribution in [0.15, 0.2) is 59.7 Å². The van der Waals surface area contributed by atoms with E-state index in [1.54, 1.807) is 24.3 Å². The van der Waals surface area contributed by atoms with Gasteiger partial charge in [0.15, 0.2) is 0 Å². The minimum absolute atomic E-state index is 0.432. The molecule has 0 aliphatic carbocycles. The summed E-state index contributed by atoms with van der Waals surface area (Å²) >= 11 is 0. The molecule has 0 aliphatic rings. The van der Waals surface area contributed by atoms with Crippen LogP contribution >= 0.6 is 0 Å². The summed E-state index contributed by atoms with van der Waals surface area (Å²) in [6, 6.07) is 16.1. The van der Waals surface area contributed by atoms with E-state index in [1.165, 1.54) is 6.21 Å². The summed E-state index contributed by atoms with van der Waals surface area (Å²) < 4.78 is 5.38. The van der Waals surface area contributed by atoms with Gasteiger partial charge in [0.25, 0.3) is 0 Å². The maximum absolute atomic E-state index is 11.9. The van der Waals surface area contributed by atoms with Crippen LogP contribution in [-0.2, 0) is 9.59 Å². The molecule has 2 amide bonds. The van der Waals surface area contributed by atoms with Crippen LogP contribution in [-0.4, -0.2) is 24.6 Å². The highest BCUT2D eigenvalue weighted by Gasteiger charge is 2.14. The Balaban J connectivity index is 1.93. The van der Waals surface area contributed by atoms with Gasteiger partial charge in [-0.3, -0.25) is 9.59 Å². The standard InChI is InChI=1S/C17H17N3O3/c1-2-23-15-11-7-6-10-14(15)19-16(21)17(22)20-18-12-13-8-4-3-5-9-13/h3-12H,2H2,1H3,(H,19,21)(H,20,22)/b18-12-. The number of carbonyl (C=O) groups excluding carboxylic acids is 2. The number of hydrogen-bond donors (Lipinski definition) is 2. The smallest absolute Gasteiger partial charge is 0.329 e. The van der Waals surface area contributed by atoms with Crippen LogP contribution in [0.3, 0.4) is 0 Å². The van der Waals surface area contributed by atoms with Gasteiger partial charge in [0.05, 0.1) is 18.5 Å². The normalized spacial score (nSPS) is 10.3.